The molecule has 1 aliphatic rings. The van der Waals surface area contributed by atoms with E-state index in [-0.39, 0.29) is 36.7 Å². The fraction of sp³-hybridized carbons (Fsp3) is 0.375. The van der Waals surface area contributed by atoms with Crippen LogP contribution in [-0.2, 0) is 9.59 Å². The summed E-state index contributed by atoms with van der Waals surface area (Å²) >= 11 is 1.59. The Bertz CT molecular complexity index is 1400. The molecule has 41 heavy (non-hydrogen) atoms. The molecule has 1 aromatic carbocycles. The molecular weight excluding hydrogens is 534 g/mol. The number of benzene rings is 1. The number of carbonyl (C=O) groups is 2. The van der Waals surface area contributed by atoms with Crippen molar-refractivity contribution in [3.05, 3.63) is 89.7 Å². The Kier molecular flexibility index (Phi) is 9.83. The molecule has 216 valence electrons. The second-order valence-corrected chi connectivity index (χ2v) is 12.0. The first-order chi connectivity index (χ1) is 19.6. The summed E-state index contributed by atoms with van der Waals surface area (Å²) in [6.45, 7) is 13.9. The van der Waals surface area contributed by atoms with Gasteiger partial charge in [0.15, 0.2) is 0 Å². The molecule has 1 saturated heterocycles. The summed E-state index contributed by atoms with van der Waals surface area (Å²) in [5.74, 6) is -0.614. The molecule has 0 aliphatic carbocycles. The Hall–Kier alpha value is -3.69. The van der Waals surface area contributed by atoms with Crippen molar-refractivity contribution in [2.45, 2.75) is 65.3 Å². The van der Waals surface area contributed by atoms with Crippen molar-refractivity contribution in [1.29, 1.82) is 0 Å². The molecule has 2 amide bonds. The lowest BCUT2D eigenvalue weighted by Crippen LogP contribution is -2.49. The molecule has 9 heteroatoms. The van der Waals surface area contributed by atoms with Crippen molar-refractivity contribution in [2.75, 3.05) is 6.54 Å². The largest absolute Gasteiger partial charge is 0.391 e. The van der Waals surface area contributed by atoms with E-state index in [1.807, 2.05) is 74.8 Å². The second kappa shape index (κ2) is 13.3. The van der Waals surface area contributed by atoms with E-state index in [1.54, 1.807) is 28.8 Å². The summed E-state index contributed by atoms with van der Waals surface area (Å²) in [7, 11) is 0. The fourth-order valence-corrected chi connectivity index (χ4v) is 5.88. The first-order valence-electron chi connectivity index (χ1n) is 13.9. The van der Waals surface area contributed by atoms with Crippen LogP contribution >= 0.6 is 11.8 Å². The molecule has 0 spiro atoms. The summed E-state index contributed by atoms with van der Waals surface area (Å²) in [4.78, 5) is 34.4. The Balaban J connectivity index is 1.49. The van der Waals surface area contributed by atoms with Crippen LogP contribution in [0.1, 0.15) is 64.3 Å². The average molecular weight is 574 g/mol. The zero-order chi connectivity index (χ0) is 29.7. The summed E-state index contributed by atoms with van der Waals surface area (Å²) in [5.41, 5.74) is 4.82. The van der Waals surface area contributed by atoms with Gasteiger partial charge in [-0.25, -0.2) is 0 Å². The molecule has 0 unspecified atom stereocenters. The summed E-state index contributed by atoms with van der Waals surface area (Å²) in [6, 6.07) is 12.1. The van der Waals surface area contributed by atoms with Crippen LogP contribution in [0.5, 0.6) is 0 Å². The normalized spacial score (nSPS) is 18.2. The highest BCUT2D eigenvalue weighted by atomic mass is 32.2. The third-order valence-corrected chi connectivity index (χ3v) is 8.33. The zero-order valence-corrected chi connectivity index (χ0v) is 25.1. The number of aliphatic hydroxyl groups is 1. The minimum Gasteiger partial charge on any atom is -0.391 e. The van der Waals surface area contributed by atoms with Gasteiger partial charge in [-0.2, -0.15) is 5.10 Å². The summed E-state index contributed by atoms with van der Waals surface area (Å²) in [6.07, 6.45) is 4.63. The number of thioether (sulfide) groups is 1. The standard InChI is InChI=1S/C32H39N5O3S/c1-7-41-30(21(4)5)24-13-11-23(12-14-24)22(6)35-31(39)28-16-26(38)19-36(28)32(40)29(20(2)3)37-18-25(17-34-37)27-10-8-9-15-33-27/h7-15,17-18,20,22,26,28-29,38H,1,16,19H2,2-6H3,(H,35,39)/t22-,26+,28-,29-/m0/s1. The number of allylic oxidation sites excluding steroid dienone is 1. The molecular formula is C32H39N5O3S. The third kappa shape index (κ3) is 6.97. The molecule has 0 radical (unpaired) electrons. The van der Waals surface area contributed by atoms with E-state index in [2.05, 4.69) is 35.8 Å². The van der Waals surface area contributed by atoms with E-state index in [9.17, 15) is 14.7 Å². The minimum atomic E-state index is -0.774. The molecule has 3 aromatic rings. The van der Waals surface area contributed by atoms with Crippen LogP contribution in [0, 0.1) is 5.92 Å². The highest BCUT2D eigenvalue weighted by Gasteiger charge is 2.42. The number of hydrogen-bond donors (Lipinski definition) is 2. The van der Waals surface area contributed by atoms with Crippen molar-refractivity contribution in [3.8, 4) is 11.3 Å². The van der Waals surface area contributed by atoms with Gasteiger partial charge in [0, 0.05) is 35.8 Å². The summed E-state index contributed by atoms with van der Waals surface area (Å²) in [5, 5.41) is 19.9. The first-order valence-corrected chi connectivity index (χ1v) is 14.8. The van der Waals surface area contributed by atoms with Gasteiger partial charge in [-0.3, -0.25) is 19.3 Å². The average Bonchev–Trinajstić information content (AvgIpc) is 3.59. The van der Waals surface area contributed by atoms with E-state index in [0.717, 1.165) is 27.3 Å². The molecule has 0 saturated carbocycles. The van der Waals surface area contributed by atoms with Crippen LogP contribution in [0.2, 0.25) is 0 Å². The Morgan fingerprint density at radius 1 is 1.15 bits per heavy atom. The van der Waals surface area contributed by atoms with Gasteiger partial charge in [-0.1, -0.05) is 68.1 Å². The molecule has 8 nitrogen and oxygen atoms in total. The minimum absolute atomic E-state index is 0.0946. The number of nitrogens with zero attached hydrogens (tertiary/aromatic N) is 4. The smallest absolute Gasteiger partial charge is 0.248 e. The van der Waals surface area contributed by atoms with Gasteiger partial charge in [0.05, 0.1) is 24.0 Å². The molecule has 0 bridgehead atoms. The number of nitrogens with one attached hydrogen (secondary N) is 1. The first kappa shape index (κ1) is 30.3. The van der Waals surface area contributed by atoms with Gasteiger partial charge >= 0.3 is 0 Å². The van der Waals surface area contributed by atoms with Crippen molar-refractivity contribution >= 4 is 28.5 Å². The van der Waals surface area contributed by atoms with Crippen LogP contribution in [-0.4, -0.2) is 55.3 Å². The lowest BCUT2D eigenvalue weighted by Gasteiger charge is -2.30. The predicted octanol–water partition coefficient (Wildman–Crippen LogP) is 5.61. The van der Waals surface area contributed by atoms with Crippen LogP contribution in [0.15, 0.2) is 78.6 Å². The highest BCUT2D eigenvalue weighted by molar-refractivity contribution is 8.10. The van der Waals surface area contributed by atoms with E-state index in [0.29, 0.717) is 0 Å². The molecule has 1 aliphatic heterocycles. The quantitative estimate of drug-likeness (QED) is 0.327. The van der Waals surface area contributed by atoms with Gasteiger partial charge in [-0.05, 0) is 55.4 Å². The highest BCUT2D eigenvalue weighted by Crippen LogP contribution is 2.32. The number of amides is 2. The van der Waals surface area contributed by atoms with Gasteiger partial charge in [0.1, 0.15) is 12.1 Å². The number of likely N-dealkylation sites (tertiary alicyclic amines) is 1. The number of β-amino-alcohol motifs (C(OH)–C–C–N with tert-alkyl or cyclic N) is 1. The fourth-order valence-electron chi connectivity index (χ4n) is 5.21. The van der Waals surface area contributed by atoms with Gasteiger partial charge in [0.25, 0.3) is 0 Å². The van der Waals surface area contributed by atoms with Crippen LogP contribution in [0.3, 0.4) is 0 Å². The molecule has 3 heterocycles. The maximum atomic E-state index is 13.9. The lowest BCUT2D eigenvalue weighted by molar-refractivity contribution is -0.142. The number of carbonyl (C=O) groups excluding carboxylic acids is 2. The number of aromatic nitrogens is 3. The molecule has 1 fully saturated rings. The van der Waals surface area contributed by atoms with Crippen molar-refractivity contribution < 1.29 is 14.7 Å². The topological polar surface area (TPSA) is 100 Å². The zero-order valence-electron chi connectivity index (χ0n) is 24.3. The van der Waals surface area contributed by atoms with Gasteiger partial charge in [-0.15, -0.1) is 0 Å². The molecule has 2 aromatic heterocycles. The predicted molar refractivity (Wildman–Crippen MR) is 165 cm³/mol. The van der Waals surface area contributed by atoms with E-state index < -0.39 is 18.2 Å². The van der Waals surface area contributed by atoms with Gasteiger partial charge < -0.3 is 15.3 Å². The number of hydrogen-bond acceptors (Lipinski definition) is 6. The molecule has 2 N–H and O–H groups in total. The van der Waals surface area contributed by atoms with Crippen LogP contribution < -0.4 is 5.32 Å². The van der Waals surface area contributed by atoms with E-state index in [4.69, 9.17) is 0 Å². The van der Waals surface area contributed by atoms with E-state index in [1.165, 1.54) is 10.5 Å². The van der Waals surface area contributed by atoms with Gasteiger partial charge in [0.2, 0.25) is 11.8 Å². The summed E-state index contributed by atoms with van der Waals surface area (Å²) < 4.78 is 1.65. The van der Waals surface area contributed by atoms with Crippen molar-refractivity contribution in [3.63, 3.8) is 0 Å². The number of pyridine rings is 1. The van der Waals surface area contributed by atoms with E-state index >= 15 is 0 Å². The molecule has 4 atom stereocenters. The molecule has 4 rings (SSSR count). The number of aliphatic hydroxyl groups excluding tert-OH is 1. The third-order valence-electron chi connectivity index (χ3n) is 7.28. The second-order valence-electron chi connectivity index (χ2n) is 11.0. The maximum absolute atomic E-state index is 13.9. The Labute approximate surface area is 246 Å². The van der Waals surface area contributed by atoms with Crippen molar-refractivity contribution in [1.82, 2.24) is 25.0 Å². The van der Waals surface area contributed by atoms with Crippen molar-refractivity contribution in [2.24, 2.45) is 5.92 Å². The van der Waals surface area contributed by atoms with Crippen LogP contribution in [0.25, 0.3) is 16.2 Å². The lowest BCUT2D eigenvalue weighted by atomic mass is 10.0. The number of rotatable bonds is 10. The Morgan fingerprint density at radius 3 is 2.49 bits per heavy atom. The van der Waals surface area contributed by atoms with Crippen LogP contribution in [0.4, 0.5) is 0 Å². The monoisotopic (exact) mass is 573 g/mol. The SMILES string of the molecule is C=CSC(=C(C)C)c1ccc([C@H](C)NC(=O)[C@@H]2C[C@@H](O)CN2C(=O)[C@H](C(C)C)n2cc(-c3ccccn3)cn2)cc1. The maximum Gasteiger partial charge on any atom is 0.248 e. The Morgan fingerprint density at radius 2 is 1.88 bits per heavy atom.